The number of fused-ring (bicyclic) bond motifs is 6. The highest BCUT2D eigenvalue weighted by molar-refractivity contribution is 7.25. The minimum absolute atomic E-state index is 1.11. The van der Waals surface area contributed by atoms with Gasteiger partial charge in [-0.1, -0.05) is 140 Å². The lowest BCUT2D eigenvalue weighted by Gasteiger charge is -2.26. The van der Waals surface area contributed by atoms with Crippen molar-refractivity contribution >= 4 is 70.1 Å². The molecule has 0 bridgehead atoms. The van der Waals surface area contributed by atoms with Gasteiger partial charge in [0.1, 0.15) is 0 Å². The molecule has 0 fully saturated rings. The SMILES string of the molecule is c1ccc(-c2cccc(N(c3ccc(-c4ccc5c(ccc6ccccc65)c4)cc3)c3ccc(-c4ccc5sc6ccccc6c5c4)cc3)c2)cc1. The van der Waals surface area contributed by atoms with E-state index in [0.29, 0.717) is 0 Å². The van der Waals surface area contributed by atoms with Gasteiger partial charge in [-0.15, -0.1) is 11.3 Å². The highest BCUT2D eigenvalue weighted by Crippen LogP contribution is 2.40. The van der Waals surface area contributed by atoms with Crippen molar-refractivity contribution in [3.8, 4) is 33.4 Å². The molecule has 10 rings (SSSR count). The Bertz CT molecular complexity index is 2890. The lowest BCUT2D eigenvalue weighted by Crippen LogP contribution is -2.10. The number of rotatable bonds is 6. The van der Waals surface area contributed by atoms with Crippen LogP contribution in [0, 0.1) is 0 Å². The van der Waals surface area contributed by atoms with E-state index >= 15 is 0 Å². The van der Waals surface area contributed by atoms with Crippen LogP contribution in [0.5, 0.6) is 0 Å². The van der Waals surface area contributed by atoms with Crippen molar-refractivity contribution in [2.45, 2.75) is 0 Å². The van der Waals surface area contributed by atoms with E-state index in [1.807, 2.05) is 11.3 Å². The van der Waals surface area contributed by atoms with Crippen molar-refractivity contribution in [3.63, 3.8) is 0 Å². The van der Waals surface area contributed by atoms with Crippen LogP contribution in [0.2, 0.25) is 0 Å². The Morgan fingerprint density at radius 3 is 1.60 bits per heavy atom. The highest BCUT2D eigenvalue weighted by atomic mass is 32.1. The van der Waals surface area contributed by atoms with Crippen molar-refractivity contribution in [3.05, 3.63) is 200 Å². The van der Waals surface area contributed by atoms with Crippen molar-refractivity contribution < 1.29 is 0 Å². The Labute approximate surface area is 307 Å². The molecule has 0 aliphatic carbocycles. The molecule has 0 saturated carbocycles. The maximum atomic E-state index is 2.36. The molecule has 9 aromatic carbocycles. The number of anilines is 3. The lowest BCUT2D eigenvalue weighted by atomic mass is 9.97. The molecule has 0 aliphatic rings. The first-order valence-corrected chi connectivity index (χ1v) is 18.6. The summed E-state index contributed by atoms with van der Waals surface area (Å²) in [6.45, 7) is 0. The van der Waals surface area contributed by atoms with Crippen LogP contribution >= 0.6 is 11.3 Å². The zero-order valence-corrected chi connectivity index (χ0v) is 29.2. The van der Waals surface area contributed by atoms with Gasteiger partial charge < -0.3 is 4.90 Å². The van der Waals surface area contributed by atoms with Gasteiger partial charge in [0.05, 0.1) is 0 Å². The van der Waals surface area contributed by atoms with Crippen LogP contribution in [-0.4, -0.2) is 0 Å². The summed E-state index contributed by atoms with van der Waals surface area (Å²) in [6.07, 6.45) is 0. The van der Waals surface area contributed by atoms with Crippen LogP contribution in [0.25, 0.3) is 75.1 Å². The van der Waals surface area contributed by atoms with Gasteiger partial charge >= 0.3 is 0 Å². The predicted octanol–water partition coefficient (Wildman–Crippen LogP) is 14.8. The van der Waals surface area contributed by atoms with Crippen LogP contribution in [0.15, 0.2) is 200 Å². The molecule has 0 unspecified atom stereocenters. The summed E-state index contributed by atoms with van der Waals surface area (Å²) in [5.41, 5.74) is 10.6. The topological polar surface area (TPSA) is 3.24 Å². The van der Waals surface area contributed by atoms with E-state index < -0.39 is 0 Å². The van der Waals surface area contributed by atoms with Crippen LogP contribution in [-0.2, 0) is 0 Å². The molecule has 1 heterocycles. The molecule has 1 nitrogen and oxygen atoms in total. The third-order valence-electron chi connectivity index (χ3n) is 10.3. The molecular formula is C50H33NS. The fraction of sp³-hybridized carbons (Fsp3) is 0. The maximum Gasteiger partial charge on any atom is 0.0467 e. The molecule has 0 atom stereocenters. The van der Waals surface area contributed by atoms with E-state index in [0.717, 1.165) is 17.1 Å². The standard InChI is InChI=1S/C50H33NS/c1-2-9-34(10-3-1)38-12-8-13-44(32-38)51(43-27-21-36(22-28-43)40-24-30-50-48(33-40)47-15-6-7-16-49(47)52-50)42-25-19-35(20-26-42)39-23-29-46-41(31-39)18-17-37-11-4-5-14-45(37)46/h1-33H. The predicted molar refractivity (Wildman–Crippen MR) is 225 cm³/mol. The molecule has 0 aliphatic heterocycles. The Balaban J connectivity index is 1.03. The van der Waals surface area contributed by atoms with Crippen LogP contribution in [0.3, 0.4) is 0 Å². The summed E-state index contributed by atoms with van der Waals surface area (Å²) in [7, 11) is 0. The second-order valence-electron chi connectivity index (χ2n) is 13.4. The van der Waals surface area contributed by atoms with Crippen molar-refractivity contribution in [1.82, 2.24) is 0 Å². The van der Waals surface area contributed by atoms with Gasteiger partial charge in [0, 0.05) is 37.2 Å². The third-order valence-corrected chi connectivity index (χ3v) is 11.4. The molecule has 0 radical (unpaired) electrons. The molecule has 0 spiro atoms. The van der Waals surface area contributed by atoms with Gasteiger partial charge in [-0.05, 0) is 116 Å². The maximum absolute atomic E-state index is 2.36. The first kappa shape index (κ1) is 30.4. The normalized spacial score (nSPS) is 11.5. The number of hydrogen-bond acceptors (Lipinski definition) is 2. The van der Waals surface area contributed by atoms with E-state index in [1.165, 1.54) is 75.1 Å². The first-order chi connectivity index (χ1) is 25.7. The summed E-state index contributed by atoms with van der Waals surface area (Å²) in [6, 6.07) is 72.9. The minimum atomic E-state index is 1.11. The van der Waals surface area contributed by atoms with Crippen molar-refractivity contribution in [2.75, 3.05) is 4.90 Å². The van der Waals surface area contributed by atoms with Gasteiger partial charge in [-0.2, -0.15) is 0 Å². The largest absolute Gasteiger partial charge is 0.310 e. The number of thiophene rings is 1. The van der Waals surface area contributed by atoms with Gasteiger partial charge in [-0.3, -0.25) is 0 Å². The Hall–Kier alpha value is -6.48. The van der Waals surface area contributed by atoms with Crippen LogP contribution in [0.1, 0.15) is 0 Å². The van der Waals surface area contributed by atoms with E-state index in [2.05, 4.69) is 205 Å². The fourth-order valence-corrected chi connectivity index (χ4v) is 8.69. The second kappa shape index (κ2) is 12.7. The number of nitrogens with zero attached hydrogens (tertiary/aromatic N) is 1. The molecule has 0 saturated heterocycles. The molecule has 2 heteroatoms. The van der Waals surface area contributed by atoms with E-state index in [-0.39, 0.29) is 0 Å². The highest BCUT2D eigenvalue weighted by Gasteiger charge is 2.15. The molecule has 1 aromatic heterocycles. The molecule has 52 heavy (non-hydrogen) atoms. The van der Waals surface area contributed by atoms with Gasteiger partial charge in [0.2, 0.25) is 0 Å². The molecule has 10 aromatic rings. The van der Waals surface area contributed by atoms with Gasteiger partial charge in [0.25, 0.3) is 0 Å². The van der Waals surface area contributed by atoms with Crippen molar-refractivity contribution in [1.29, 1.82) is 0 Å². The van der Waals surface area contributed by atoms with Crippen molar-refractivity contribution in [2.24, 2.45) is 0 Å². The average molecular weight is 680 g/mol. The van der Waals surface area contributed by atoms with Crippen LogP contribution < -0.4 is 4.90 Å². The van der Waals surface area contributed by atoms with Gasteiger partial charge in [-0.25, -0.2) is 0 Å². The second-order valence-corrected chi connectivity index (χ2v) is 14.5. The zero-order valence-electron chi connectivity index (χ0n) is 28.4. The average Bonchev–Trinajstić information content (AvgIpc) is 3.60. The van der Waals surface area contributed by atoms with E-state index in [1.54, 1.807) is 0 Å². The van der Waals surface area contributed by atoms with E-state index in [9.17, 15) is 0 Å². The smallest absolute Gasteiger partial charge is 0.0467 e. The monoisotopic (exact) mass is 679 g/mol. The summed E-state index contributed by atoms with van der Waals surface area (Å²) in [5.74, 6) is 0. The Morgan fingerprint density at radius 1 is 0.269 bits per heavy atom. The van der Waals surface area contributed by atoms with Gasteiger partial charge in [0.15, 0.2) is 0 Å². The summed E-state index contributed by atoms with van der Waals surface area (Å²) in [4.78, 5) is 2.36. The Morgan fingerprint density at radius 2 is 0.808 bits per heavy atom. The number of benzene rings is 9. The fourth-order valence-electron chi connectivity index (χ4n) is 7.61. The lowest BCUT2D eigenvalue weighted by molar-refractivity contribution is 1.28. The Kier molecular flexibility index (Phi) is 7.41. The molecule has 0 amide bonds. The molecular weight excluding hydrogens is 647 g/mol. The van der Waals surface area contributed by atoms with E-state index in [4.69, 9.17) is 0 Å². The minimum Gasteiger partial charge on any atom is -0.310 e. The summed E-state index contributed by atoms with van der Waals surface area (Å²) >= 11 is 1.86. The molecule has 244 valence electrons. The third kappa shape index (κ3) is 5.42. The zero-order chi connectivity index (χ0) is 34.4. The summed E-state index contributed by atoms with van der Waals surface area (Å²) < 4.78 is 2.66. The first-order valence-electron chi connectivity index (χ1n) is 17.7. The van der Waals surface area contributed by atoms with Crippen LogP contribution in [0.4, 0.5) is 17.1 Å². The number of hydrogen-bond donors (Lipinski definition) is 0. The molecule has 0 N–H and O–H groups in total. The summed E-state index contributed by atoms with van der Waals surface area (Å²) in [5, 5.41) is 7.75. The quantitative estimate of drug-likeness (QED) is 0.158.